The molecule has 0 amide bonds. The van der Waals surface area contributed by atoms with Crippen molar-refractivity contribution in [1.29, 1.82) is 0 Å². The number of hydrogen-bond acceptors (Lipinski definition) is 3. The van der Waals surface area contributed by atoms with Crippen molar-refractivity contribution in [2.24, 2.45) is 0 Å². The Morgan fingerprint density at radius 3 is 2.77 bits per heavy atom. The molecule has 0 aromatic heterocycles. The third-order valence-corrected chi connectivity index (χ3v) is 2.35. The summed E-state index contributed by atoms with van der Waals surface area (Å²) in [6.45, 7) is 1.79. The number of hydrogen-bond donors (Lipinski definition) is 1. The monoisotopic (exact) mass is 199 g/mol. The van der Waals surface area contributed by atoms with E-state index in [0.717, 1.165) is 0 Å². The van der Waals surface area contributed by atoms with Crippen LogP contribution in [0, 0.1) is 0 Å². The molecule has 0 saturated carbocycles. The second kappa shape index (κ2) is 2.70. The van der Waals surface area contributed by atoms with Crippen molar-refractivity contribution in [3.05, 3.63) is 18.2 Å². The van der Waals surface area contributed by atoms with Crippen LogP contribution in [0.1, 0.15) is 6.92 Å². The lowest BCUT2D eigenvalue weighted by atomic mass is 10.3. The molecule has 0 aliphatic carbocycles. The Morgan fingerprint density at radius 1 is 1.38 bits per heavy atom. The Balaban J connectivity index is 2.35. The molecule has 1 aromatic rings. The van der Waals surface area contributed by atoms with Gasteiger partial charge in [0.15, 0.2) is 11.5 Å². The molecule has 2 N–H and O–H groups in total. The van der Waals surface area contributed by atoms with E-state index in [-0.39, 0.29) is 5.88 Å². The summed E-state index contributed by atoms with van der Waals surface area (Å²) < 4.78 is 11.0. The Kier molecular flexibility index (Phi) is 1.77. The van der Waals surface area contributed by atoms with Crippen LogP contribution in [0.2, 0.25) is 0 Å². The van der Waals surface area contributed by atoms with Crippen molar-refractivity contribution in [2.75, 3.05) is 11.6 Å². The van der Waals surface area contributed by atoms with Gasteiger partial charge in [-0.25, -0.2) is 0 Å². The maximum Gasteiger partial charge on any atom is 0.262 e. The SMILES string of the molecule is CC1(CCl)Oc2ccc(N)cc2O1. The highest BCUT2D eigenvalue weighted by atomic mass is 35.5. The molecule has 1 aliphatic rings. The minimum absolute atomic E-state index is 0.279. The highest BCUT2D eigenvalue weighted by Crippen LogP contribution is 2.40. The number of benzene rings is 1. The quantitative estimate of drug-likeness (QED) is 0.556. The van der Waals surface area contributed by atoms with Gasteiger partial charge in [-0.05, 0) is 12.1 Å². The van der Waals surface area contributed by atoms with Crippen molar-refractivity contribution in [3.63, 3.8) is 0 Å². The Hall–Kier alpha value is -1.09. The molecule has 1 unspecified atom stereocenters. The lowest BCUT2D eigenvalue weighted by molar-refractivity contribution is -0.0396. The number of nitrogens with two attached hydrogens (primary N) is 1. The first-order valence-corrected chi connectivity index (χ1v) is 4.50. The van der Waals surface area contributed by atoms with Gasteiger partial charge in [-0.2, -0.15) is 0 Å². The largest absolute Gasteiger partial charge is 0.447 e. The second-order valence-corrected chi connectivity index (χ2v) is 3.44. The van der Waals surface area contributed by atoms with Crippen molar-refractivity contribution in [1.82, 2.24) is 0 Å². The summed E-state index contributed by atoms with van der Waals surface area (Å²) in [7, 11) is 0. The molecule has 0 saturated heterocycles. The van der Waals surface area contributed by atoms with Crippen molar-refractivity contribution >= 4 is 17.3 Å². The van der Waals surface area contributed by atoms with Crippen LogP contribution in [0.5, 0.6) is 11.5 Å². The molecule has 0 spiro atoms. The normalized spacial score (nSPS) is 24.8. The van der Waals surface area contributed by atoms with Crippen molar-refractivity contribution in [3.8, 4) is 11.5 Å². The number of nitrogen functional groups attached to an aromatic ring is 1. The van der Waals surface area contributed by atoms with E-state index in [1.165, 1.54) is 0 Å². The van der Waals surface area contributed by atoms with E-state index in [4.69, 9.17) is 26.8 Å². The van der Waals surface area contributed by atoms with Crippen LogP contribution in [0.25, 0.3) is 0 Å². The number of anilines is 1. The predicted molar refractivity (Wildman–Crippen MR) is 51.2 cm³/mol. The van der Waals surface area contributed by atoms with Gasteiger partial charge in [0.05, 0.1) is 5.88 Å². The number of rotatable bonds is 1. The van der Waals surface area contributed by atoms with Gasteiger partial charge in [0.1, 0.15) is 0 Å². The fraction of sp³-hybridized carbons (Fsp3) is 0.333. The second-order valence-electron chi connectivity index (χ2n) is 3.18. The van der Waals surface area contributed by atoms with Gasteiger partial charge in [-0.3, -0.25) is 0 Å². The number of alkyl halides is 1. The fourth-order valence-corrected chi connectivity index (χ4v) is 1.34. The molecule has 2 rings (SSSR count). The van der Waals surface area contributed by atoms with E-state index in [1.807, 2.05) is 0 Å². The summed E-state index contributed by atoms with van der Waals surface area (Å²) in [5.41, 5.74) is 6.25. The molecule has 0 bridgehead atoms. The van der Waals surface area contributed by atoms with Gasteiger partial charge in [0.25, 0.3) is 5.79 Å². The average Bonchev–Trinajstić information content (AvgIpc) is 2.42. The predicted octanol–water partition coefficient (Wildman–Crippen LogP) is 2.00. The third-order valence-electron chi connectivity index (χ3n) is 1.86. The van der Waals surface area contributed by atoms with Gasteiger partial charge in [0.2, 0.25) is 0 Å². The van der Waals surface area contributed by atoms with Crippen LogP contribution >= 0.6 is 11.6 Å². The topological polar surface area (TPSA) is 44.5 Å². The van der Waals surface area contributed by atoms with Crippen molar-refractivity contribution < 1.29 is 9.47 Å². The van der Waals surface area contributed by atoms with Gasteiger partial charge in [-0.15, -0.1) is 11.6 Å². The van der Waals surface area contributed by atoms with E-state index in [0.29, 0.717) is 17.2 Å². The maximum absolute atomic E-state index is 5.70. The molecular formula is C9H10ClNO2. The fourth-order valence-electron chi connectivity index (χ4n) is 1.23. The molecule has 0 fully saturated rings. The summed E-state index contributed by atoms with van der Waals surface area (Å²) in [5, 5.41) is 0. The average molecular weight is 200 g/mol. The number of halogens is 1. The van der Waals surface area contributed by atoms with Gasteiger partial charge >= 0.3 is 0 Å². The molecule has 13 heavy (non-hydrogen) atoms. The van der Waals surface area contributed by atoms with Gasteiger partial charge in [0, 0.05) is 18.7 Å². The van der Waals surface area contributed by atoms with Crippen LogP contribution in [-0.4, -0.2) is 11.7 Å². The van der Waals surface area contributed by atoms with Crippen LogP contribution in [0.15, 0.2) is 18.2 Å². The van der Waals surface area contributed by atoms with E-state index in [2.05, 4.69) is 0 Å². The van der Waals surface area contributed by atoms with Crippen molar-refractivity contribution in [2.45, 2.75) is 12.7 Å². The third kappa shape index (κ3) is 1.40. The number of fused-ring (bicyclic) bond motifs is 1. The highest BCUT2D eigenvalue weighted by Gasteiger charge is 2.35. The van der Waals surface area contributed by atoms with E-state index >= 15 is 0 Å². The van der Waals surface area contributed by atoms with E-state index in [9.17, 15) is 0 Å². The summed E-state index contributed by atoms with van der Waals surface area (Å²) in [4.78, 5) is 0. The molecule has 4 heteroatoms. The lowest BCUT2D eigenvalue weighted by Gasteiger charge is -2.19. The van der Waals surface area contributed by atoms with Gasteiger partial charge in [-0.1, -0.05) is 0 Å². The molecule has 0 radical (unpaired) electrons. The first-order chi connectivity index (χ1) is 6.13. The van der Waals surface area contributed by atoms with Gasteiger partial charge < -0.3 is 15.2 Å². The summed E-state index contributed by atoms with van der Waals surface area (Å²) in [6, 6.07) is 5.28. The summed E-state index contributed by atoms with van der Waals surface area (Å²) >= 11 is 5.70. The highest BCUT2D eigenvalue weighted by molar-refractivity contribution is 6.18. The maximum atomic E-state index is 5.70. The molecule has 3 nitrogen and oxygen atoms in total. The van der Waals surface area contributed by atoms with Crippen LogP contribution in [-0.2, 0) is 0 Å². The standard InChI is InChI=1S/C9H10ClNO2/c1-9(5-10)12-7-3-2-6(11)4-8(7)13-9/h2-4H,5,11H2,1H3. The van der Waals surface area contributed by atoms with Crippen LogP contribution in [0.3, 0.4) is 0 Å². The Morgan fingerprint density at radius 2 is 2.08 bits per heavy atom. The number of ether oxygens (including phenoxy) is 2. The molecule has 1 atom stereocenters. The minimum Gasteiger partial charge on any atom is -0.447 e. The lowest BCUT2D eigenvalue weighted by Crippen LogP contribution is -2.36. The zero-order valence-corrected chi connectivity index (χ0v) is 7.97. The molecule has 1 heterocycles. The smallest absolute Gasteiger partial charge is 0.262 e. The Labute approximate surface area is 81.4 Å². The van der Waals surface area contributed by atoms with Crippen LogP contribution < -0.4 is 15.2 Å². The first kappa shape index (κ1) is 8.51. The molecule has 1 aromatic carbocycles. The zero-order valence-electron chi connectivity index (χ0n) is 7.21. The first-order valence-electron chi connectivity index (χ1n) is 3.96. The minimum atomic E-state index is -0.752. The molecular weight excluding hydrogens is 190 g/mol. The zero-order chi connectivity index (χ0) is 9.47. The van der Waals surface area contributed by atoms with E-state index in [1.54, 1.807) is 25.1 Å². The summed E-state index contributed by atoms with van der Waals surface area (Å²) in [6.07, 6.45) is 0. The Bertz CT molecular complexity index is 342. The van der Waals surface area contributed by atoms with Crippen LogP contribution in [0.4, 0.5) is 5.69 Å². The molecule has 70 valence electrons. The molecule has 1 aliphatic heterocycles. The van der Waals surface area contributed by atoms with E-state index < -0.39 is 5.79 Å². The summed E-state index contributed by atoms with van der Waals surface area (Å²) in [5.74, 6) is 0.875.